The molecule has 6 heteroatoms. The molecule has 0 radical (unpaired) electrons. The third kappa shape index (κ3) is 5.53. The van der Waals surface area contributed by atoms with E-state index in [4.69, 9.17) is 16.3 Å². The zero-order valence-electron chi connectivity index (χ0n) is 13.5. The van der Waals surface area contributed by atoms with Gasteiger partial charge in [-0.25, -0.2) is 19.7 Å². The average Bonchev–Trinajstić information content (AvgIpc) is 2.50. The number of carbonyl (C=O) groups excluding carboxylic acids is 1. The van der Waals surface area contributed by atoms with Crippen LogP contribution in [0.3, 0.4) is 0 Å². The van der Waals surface area contributed by atoms with Gasteiger partial charge in [-0.15, -0.1) is 0 Å². The second-order valence-corrected chi connectivity index (χ2v) is 6.75. The van der Waals surface area contributed by atoms with Gasteiger partial charge in [-0.2, -0.15) is 0 Å². The summed E-state index contributed by atoms with van der Waals surface area (Å²) >= 11 is 5.91. The highest BCUT2D eigenvalue weighted by Gasteiger charge is 2.26. The van der Waals surface area contributed by atoms with Gasteiger partial charge in [0.2, 0.25) is 5.95 Å². The number of rotatable bonds is 4. The quantitative estimate of drug-likeness (QED) is 0.782. The number of anilines is 1. The van der Waals surface area contributed by atoms with E-state index in [0.717, 1.165) is 5.56 Å². The standard InChI is InChI=1S/C17H20ClN3O2/c1-17(2,3)12-21(15-19-10-9-14(18)20-15)16(22)23-11-13-7-5-4-6-8-13/h4-10H,11-12H2,1-3H3. The number of ether oxygens (including phenoxy) is 1. The second-order valence-electron chi connectivity index (χ2n) is 6.37. The summed E-state index contributed by atoms with van der Waals surface area (Å²) in [5.74, 6) is 0.241. The number of amides is 1. The molecule has 0 aliphatic carbocycles. The van der Waals surface area contributed by atoms with Crippen LogP contribution in [0.2, 0.25) is 5.15 Å². The fourth-order valence-electron chi connectivity index (χ4n) is 1.95. The van der Waals surface area contributed by atoms with E-state index in [1.54, 1.807) is 6.07 Å². The predicted octanol–water partition coefficient (Wildman–Crippen LogP) is 4.32. The van der Waals surface area contributed by atoms with Crippen LogP contribution in [-0.2, 0) is 11.3 Å². The Hall–Kier alpha value is -2.14. The Morgan fingerprint density at radius 1 is 1.22 bits per heavy atom. The van der Waals surface area contributed by atoms with Crippen molar-refractivity contribution in [2.45, 2.75) is 27.4 Å². The maximum Gasteiger partial charge on any atom is 0.417 e. The van der Waals surface area contributed by atoms with E-state index in [0.29, 0.717) is 6.54 Å². The monoisotopic (exact) mass is 333 g/mol. The number of nitrogens with zero attached hydrogens (tertiary/aromatic N) is 3. The minimum Gasteiger partial charge on any atom is -0.444 e. The number of halogens is 1. The number of benzene rings is 1. The first-order valence-electron chi connectivity index (χ1n) is 7.32. The fourth-order valence-corrected chi connectivity index (χ4v) is 2.08. The lowest BCUT2D eigenvalue weighted by Crippen LogP contribution is -2.39. The molecule has 2 aromatic rings. The summed E-state index contributed by atoms with van der Waals surface area (Å²) in [6.07, 6.45) is 1.02. The van der Waals surface area contributed by atoms with Gasteiger partial charge in [0.15, 0.2) is 0 Å². The topological polar surface area (TPSA) is 55.3 Å². The van der Waals surface area contributed by atoms with Crippen LogP contribution < -0.4 is 4.90 Å². The summed E-state index contributed by atoms with van der Waals surface area (Å²) in [7, 11) is 0. The third-order valence-electron chi connectivity index (χ3n) is 2.91. The van der Waals surface area contributed by atoms with E-state index in [9.17, 15) is 4.79 Å². The molecule has 0 N–H and O–H groups in total. The van der Waals surface area contributed by atoms with Gasteiger partial charge >= 0.3 is 6.09 Å². The first kappa shape index (κ1) is 17.2. The van der Waals surface area contributed by atoms with Gasteiger partial charge in [-0.3, -0.25) is 0 Å². The number of carbonyl (C=O) groups is 1. The molecular weight excluding hydrogens is 314 g/mol. The second kappa shape index (κ2) is 7.42. The zero-order valence-corrected chi connectivity index (χ0v) is 14.2. The predicted molar refractivity (Wildman–Crippen MR) is 90.5 cm³/mol. The summed E-state index contributed by atoms with van der Waals surface area (Å²) in [4.78, 5) is 22.1. The molecule has 5 nitrogen and oxygen atoms in total. The Bertz CT molecular complexity index is 656. The van der Waals surface area contributed by atoms with Crippen LogP contribution >= 0.6 is 11.6 Å². The molecule has 0 unspecified atom stereocenters. The summed E-state index contributed by atoms with van der Waals surface area (Å²) in [5.41, 5.74) is 0.779. The van der Waals surface area contributed by atoms with Crippen molar-refractivity contribution in [2.24, 2.45) is 5.41 Å². The molecule has 0 spiro atoms. The molecule has 0 fully saturated rings. The summed E-state index contributed by atoms with van der Waals surface area (Å²) in [5, 5.41) is 0.282. The van der Waals surface area contributed by atoms with Crippen molar-refractivity contribution in [1.82, 2.24) is 9.97 Å². The lowest BCUT2D eigenvalue weighted by molar-refractivity contribution is 0.144. The van der Waals surface area contributed by atoms with E-state index >= 15 is 0 Å². The minimum atomic E-state index is -0.494. The van der Waals surface area contributed by atoms with Crippen LogP contribution in [0.1, 0.15) is 26.3 Å². The number of aromatic nitrogens is 2. The molecule has 0 saturated heterocycles. The van der Waals surface area contributed by atoms with Crippen molar-refractivity contribution >= 4 is 23.6 Å². The van der Waals surface area contributed by atoms with Crippen molar-refractivity contribution in [3.63, 3.8) is 0 Å². The Balaban J connectivity index is 2.14. The molecule has 23 heavy (non-hydrogen) atoms. The number of hydrogen-bond acceptors (Lipinski definition) is 4. The first-order valence-corrected chi connectivity index (χ1v) is 7.70. The molecule has 122 valence electrons. The molecule has 0 aliphatic rings. The Morgan fingerprint density at radius 2 is 1.91 bits per heavy atom. The fraction of sp³-hybridized carbons (Fsp3) is 0.353. The summed E-state index contributed by atoms with van der Waals surface area (Å²) < 4.78 is 5.39. The lowest BCUT2D eigenvalue weighted by Gasteiger charge is -2.27. The maximum absolute atomic E-state index is 12.5. The van der Waals surface area contributed by atoms with E-state index in [-0.39, 0.29) is 23.1 Å². The largest absolute Gasteiger partial charge is 0.444 e. The molecule has 1 amide bonds. The SMILES string of the molecule is CC(C)(C)CN(C(=O)OCc1ccccc1)c1nccc(Cl)n1. The smallest absolute Gasteiger partial charge is 0.417 e. The molecular formula is C17H20ClN3O2. The Kier molecular flexibility index (Phi) is 5.55. The molecule has 0 bridgehead atoms. The maximum atomic E-state index is 12.5. The van der Waals surface area contributed by atoms with Crippen LogP contribution in [0.4, 0.5) is 10.7 Å². The van der Waals surface area contributed by atoms with Crippen molar-refractivity contribution < 1.29 is 9.53 Å². The van der Waals surface area contributed by atoms with Gasteiger partial charge in [0.1, 0.15) is 11.8 Å². The molecule has 0 aliphatic heterocycles. The van der Waals surface area contributed by atoms with Crippen molar-refractivity contribution in [3.05, 3.63) is 53.3 Å². The zero-order chi connectivity index (χ0) is 16.9. The van der Waals surface area contributed by atoms with Crippen LogP contribution in [0.25, 0.3) is 0 Å². The molecule has 0 atom stereocenters. The highest BCUT2D eigenvalue weighted by atomic mass is 35.5. The number of hydrogen-bond donors (Lipinski definition) is 0. The van der Waals surface area contributed by atoms with Gasteiger partial charge in [-0.05, 0) is 17.0 Å². The van der Waals surface area contributed by atoms with Crippen LogP contribution in [-0.4, -0.2) is 22.6 Å². The van der Waals surface area contributed by atoms with Gasteiger partial charge in [-0.1, -0.05) is 62.7 Å². The van der Waals surface area contributed by atoms with Crippen molar-refractivity contribution in [2.75, 3.05) is 11.4 Å². The van der Waals surface area contributed by atoms with Crippen LogP contribution in [0.5, 0.6) is 0 Å². The van der Waals surface area contributed by atoms with Gasteiger partial charge in [0.25, 0.3) is 0 Å². The third-order valence-corrected chi connectivity index (χ3v) is 3.12. The first-order chi connectivity index (χ1) is 10.8. The molecule has 1 aromatic heterocycles. The van der Waals surface area contributed by atoms with Gasteiger partial charge < -0.3 is 4.74 Å². The normalized spacial score (nSPS) is 11.1. The average molecular weight is 334 g/mol. The van der Waals surface area contributed by atoms with E-state index in [1.165, 1.54) is 11.1 Å². The van der Waals surface area contributed by atoms with Gasteiger partial charge in [0, 0.05) is 12.7 Å². The summed E-state index contributed by atoms with van der Waals surface area (Å²) in [6, 6.07) is 11.1. The van der Waals surface area contributed by atoms with Crippen molar-refractivity contribution in [3.8, 4) is 0 Å². The van der Waals surface area contributed by atoms with Crippen molar-refractivity contribution in [1.29, 1.82) is 0 Å². The van der Waals surface area contributed by atoms with Crippen LogP contribution in [0, 0.1) is 5.41 Å². The molecule has 1 aromatic carbocycles. The minimum absolute atomic E-state index is 0.141. The molecule has 1 heterocycles. The van der Waals surface area contributed by atoms with E-state index in [1.807, 2.05) is 51.1 Å². The van der Waals surface area contributed by atoms with E-state index < -0.39 is 6.09 Å². The van der Waals surface area contributed by atoms with E-state index in [2.05, 4.69) is 9.97 Å². The molecule has 2 rings (SSSR count). The van der Waals surface area contributed by atoms with Gasteiger partial charge in [0.05, 0.1) is 0 Å². The summed E-state index contributed by atoms with van der Waals surface area (Å²) in [6.45, 7) is 6.68. The Morgan fingerprint density at radius 3 is 2.52 bits per heavy atom. The Labute approximate surface area is 141 Å². The van der Waals surface area contributed by atoms with Crippen LogP contribution in [0.15, 0.2) is 42.6 Å². The highest BCUT2D eigenvalue weighted by molar-refractivity contribution is 6.29. The molecule has 0 saturated carbocycles. The lowest BCUT2D eigenvalue weighted by atomic mass is 9.96. The highest BCUT2D eigenvalue weighted by Crippen LogP contribution is 2.21.